The van der Waals surface area contributed by atoms with Crippen LogP contribution in [-0.4, -0.2) is 18.4 Å². The monoisotopic (exact) mass is 246 g/mol. The third kappa shape index (κ3) is 3.09. The molecule has 1 aliphatic rings. The molecule has 1 aromatic rings. The van der Waals surface area contributed by atoms with Crippen LogP contribution in [0.4, 0.5) is 5.69 Å². The first kappa shape index (κ1) is 12.6. The Hall–Kier alpha value is -1.84. The highest BCUT2D eigenvalue weighted by molar-refractivity contribution is 5.99. The van der Waals surface area contributed by atoms with Crippen molar-refractivity contribution in [3.63, 3.8) is 0 Å². The summed E-state index contributed by atoms with van der Waals surface area (Å²) >= 11 is 0. The van der Waals surface area contributed by atoms with Crippen LogP contribution in [0.5, 0.6) is 0 Å². The second-order valence-electron chi connectivity index (χ2n) is 4.57. The molecule has 2 amide bonds. The van der Waals surface area contributed by atoms with Crippen LogP contribution in [-0.2, 0) is 22.4 Å². The van der Waals surface area contributed by atoms with Crippen molar-refractivity contribution in [3.8, 4) is 0 Å². The van der Waals surface area contributed by atoms with E-state index >= 15 is 0 Å². The van der Waals surface area contributed by atoms with Gasteiger partial charge in [0.05, 0.1) is 6.42 Å². The topological polar surface area (TPSA) is 58.2 Å². The molecule has 0 aliphatic carbocycles. The molecule has 0 aromatic heterocycles. The summed E-state index contributed by atoms with van der Waals surface area (Å²) in [5.74, 6) is 0.161. The molecule has 0 saturated heterocycles. The summed E-state index contributed by atoms with van der Waals surface area (Å²) in [6.07, 6.45) is 2.73. The Kier molecular flexibility index (Phi) is 3.97. The third-order valence-corrected chi connectivity index (χ3v) is 3.01. The van der Waals surface area contributed by atoms with Crippen molar-refractivity contribution < 1.29 is 9.59 Å². The fourth-order valence-corrected chi connectivity index (χ4v) is 2.10. The number of fused-ring (bicyclic) bond motifs is 1. The Labute approximate surface area is 107 Å². The van der Waals surface area contributed by atoms with E-state index in [9.17, 15) is 9.59 Å². The largest absolute Gasteiger partial charge is 0.356 e. The number of carbonyl (C=O) groups excluding carboxylic acids is 2. The van der Waals surface area contributed by atoms with Crippen LogP contribution in [0.2, 0.25) is 0 Å². The van der Waals surface area contributed by atoms with Crippen molar-refractivity contribution in [2.24, 2.45) is 0 Å². The average Bonchev–Trinajstić information content (AvgIpc) is 2.69. The summed E-state index contributed by atoms with van der Waals surface area (Å²) in [6, 6.07) is 5.97. The number of amides is 2. The van der Waals surface area contributed by atoms with Crippen LogP contribution >= 0.6 is 0 Å². The molecule has 2 rings (SSSR count). The van der Waals surface area contributed by atoms with Gasteiger partial charge in [-0.2, -0.15) is 0 Å². The van der Waals surface area contributed by atoms with Gasteiger partial charge in [0.1, 0.15) is 0 Å². The van der Waals surface area contributed by atoms with Gasteiger partial charge in [0, 0.05) is 18.7 Å². The van der Waals surface area contributed by atoms with Crippen molar-refractivity contribution in [1.82, 2.24) is 5.32 Å². The smallest absolute Gasteiger partial charge is 0.228 e. The maximum atomic E-state index is 11.3. The zero-order valence-electron chi connectivity index (χ0n) is 10.6. The Bertz CT molecular complexity index is 469. The maximum absolute atomic E-state index is 11.3. The van der Waals surface area contributed by atoms with Crippen LogP contribution in [0, 0.1) is 0 Å². The second kappa shape index (κ2) is 5.67. The number of hydrogen-bond donors (Lipinski definition) is 2. The molecule has 0 radical (unpaired) electrons. The SMILES string of the molecule is CCCC(=O)NCCc1ccc2c(c1)CC(=O)N2. The van der Waals surface area contributed by atoms with E-state index in [0.717, 1.165) is 29.7 Å². The molecule has 0 bridgehead atoms. The number of hydrogen-bond acceptors (Lipinski definition) is 2. The van der Waals surface area contributed by atoms with E-state index in [0.29, 0.717) is 19.4 Å². The lowest BCUT2D eigenvalue weighted by atomic mass is 10.1. The van der Waals surface area contributed by atoms with Gasteiger partial charge in [0.25, 0.3) is 0 Å². The molecule has 0 spiro atoms. The summed E-state index contributed by atoms with van der Waals surface area (Å²) in [5.41, 5.74) is 3.12. The van der Waals surface area contributed by atoms with Crippen LogP contribution in [0.1, 0.15) is 30.9 Å². The Morgan fingerprint density at radius 2 is 2.28 bits per heavy atom. The van der Waals surface area contributed by atoms with E-state index in [4.69, 9.17) is 0 Å². The van der Waals surface area contributed by atoms with E-state index in [1.807, 2.05) is 25.1 Å². The molecule has 4 heteroatoms. The van der Waals surface area contributed by atoms with Gasteiger partial charge in [0.15, 0.2) is 0 Å². The van der Waals surface area contributed by atoms with Crippen molar-refractivity contribution in [2.75, 3.05) is 11.9 Å². The van der Waals surface area contributed by atoms with Gasteiger partial charge in [-0.05, 0) is 30.0 Å². The van der Waals surface area contributed by atoms with Crippen molar-refractivity contribution in [1.29, 1.82) is 0 Å². The third-order valence-electron chi connectivity index (χ3n) is 3.01. The minimum absolute atomic E-state index is 0.0541. The van der Waals surface area contributed by atoms with Gasteiger partial charge in [-0.15, -0.1) is 0 Å². The zero-order chi connectivity index (χ0) is 13.0. The van der Waals surface area contributed by atoms with Crippen molar-refractivity contribution in [3.05, 3.63) is 29.3 Å². The first-order valence-electron chi connectivity index (χ1n) is 6.37. The maximum Gasteiger partial charge on any atom is 0.228 e. The van der Waals surface area contributed by atoms with E-state index in [-0.39, 0.29) is 11.8 Å². The number of carbonyl (C=O) groups is 2. The van der Waals surface area contributed by atoms with E-state index in [1.54, 1.807) is 0 Å². The highest BCUT2D eigenvalue weighted by atomic mass is 16.2. The molecular formula is C14H18N2O2. The van der Waals surface area contributed by atoms with Crippen LogP contribution in [0.25, 0.3) is 0 Å². The minimum atomic E-state index is 0.0541. The summed E-state index contributed by atoms with van der Waals surface area (Å²) < 4.78 is 0. The van der Waals surface area contributed by atoms with Crippen molar-refractivity contribution in [2.45, 2.75) is 32.6 Å². The Balaban J connectivity index is 1.86. The standard InChI is InChI=1S/C14H18N2O2/c1-2-3-13(17)15-7-6-10-4-5-12-11(8-10)9-14(18)16-12/h4-5,8H,2-3,6-7,9H2,1H3,(H,15,17)(H,16,18). The average molecular weight is 246 g/mol. The second-order valence-corrected chi connectivity index (χ2v) is 4.57. The Morgan fingerprint density at radius 3 is 3.06 bits per heavy atom. The number of rotatable bonds is 5. The molecule has 0 saturated carbocycles. The molecule has 0 unspecified atom stereocenters. The van der Waals surface area contributed by atoms with Gasteiger partial charge >= 0.3 is 0 Å². The first-order valence-corrected chi connectivity index (χ1v) is 6.37. The van der Waals surface area contributed by atoms with Gasteiger partial charge in [-0.25, -0.2) is 0 Å². The van der Waals surface area contributed by atoms with Crippen molar-refractivity contribution >= 4 is 17.5 Å². The van der Waals surface area contributed by atoms with Gasteiger partial charge < -0.3 is 10.6 Å². The van der Waals surface area contributed by atoms with Crippen LogP contribution in [0.3, 0.4) is 0 Å². The highest BCUT2D eigenvalue weighted by Crippen LogP contribution is 2.23. The normalized spacial score (nSPS) is 13.1. The number of benzene rings is 1. The molecule has 2 N–H and O–H groups in total. The van der Waals surface area contributed by atoms with E-state index in [2.05, 4.69) is 10.6 Å². The molecule has 1 aliphatic heterocycles. The predicted molar refractivity (Wildman–Crippen MR) is 70.4 cm³/mol. The molecule has 0 fully saturated rings. The lowest BCUT2D eigenvalue weighted by molar-refractivity contribution is -0.121. The van der Waals surface area contributed by atoms with E-state index in [1.165, 1.54) is 0 Å². The zero-order valence-corrected chi connectivity index (χ0v) is 10.6. The first-order chi connectivity index (χ1) is 8.69. The summed E-state index contributed by atoms with van der Waals surface area (Å²) in [7, 11) is 0. The fraction of sp³-hybridized carbons (Fsp3) is 0.429. The summed E-state index contributed by atoms with van der Waals surface area (Å²) in [5, 5.41) is 5.69. The molecule has 4 nitrogen and oxygen atoms in total. The molecule has 1 aromatic carbocycles. The van der Waals surface area contributed by atoms with Crippen LogP contribution in [0.15, 0.2) is 18.2 Å². The fourth-order valence-electron chi connectivity index (χ4n) is 2.10. The molecule has 96 valence electrons. The predicted octanol–water partition coefficient (Wildman–Crippen LogP) is 1.64. The Morgan fingerprint density at radius 1 is 1.44 bits per heavy atom. The highest BCUT2D eigenvalue weighted by Gasteiger charge is 2.17. The van der Waals surface area contributed by atoms with Gasteiger partial charge in [-0.1, -0.05) is 19.1 Å². The molecule has 0 atom stereocenters. The van der Waals surface area contributed by atoms with Gasteiger partial charge in [0.2, 0.25) is 11.8 Å². The quantitative estimate of drug-likeness (QED) is 0.829. The summed E-state index contributed by atoms with van der Waals surface area (Å²) in [4.78, 5) is 22.5. The lowest BCUT2D eigenvalue weighted by Crippen LogP contribution is -2.25. The summed E-state index contributed by atoms with van der Waals surface area (Å²) in [6.45, 7) is 2.64. The molecule has 1 heterocycles. The minimum Gasteiger partial charge on any atom is -0.356 e. The number of anilines is 1. The van der Waals surface area contributed by atoms with E-state index < -0.39 is 0 Å². The molecular weight excluding hydrogens is 228 g/mol. The van der Waals surface area contributed by atoms with Crippen LogP contribution < -0.4 is 10.6 Å². The lowest BCUT2D eigenvalue weighted by Gasteiger charge is -2.06. The molecule has 18 heavy (non-hydrogen) atoms. The number of nitrogens with one attached hydrogen (secondary N) is 2. The van der Waals surface area contributed by atoms with Gasteiger partial charge in [-0.3, -0.25) is 9.59 Å².